The Morgan fingerprint density at radius 3 is 3.05 bits per heavy atom. The lowest BCUT2D eigenvalue weighted by molar-refractivity contribution is 0.144. The summed E-state index contributed by atoms with van der Waals surface area (Å²) in [6, 6.07) is 3.29. The van der Waals surface area contributed by atoms with Crippen LogP contribution in [-0.2, 0) is 0 Å². The van der Waals surface area contributed by atoms with Crippen molar-refractivity contribution in [3.8, 4) is 11.7 Å². The minimum Gasteiger partial charge on any atom is -0.449 e. The summed E-state index contributed by atoms with van der Waals surface area (Å²) in [5.41, 5.74) is 7.44. The summed E-state index contributed by atoms with van der Waals surface area (Å²) >= 11 is 5.92. The first-order valence-electron chi connectivity index (χ1n) is 5.43. The quantitative estimate of drug-likeness (QED) is 0.491. The molecule has 0 bridgehead atoms. The van der Waals surface area contributed by atoms with Crippen molar-refractivity contribution in [2.75, 3.05) is 5.73 Å². The number of nitrogens with two attached hydrogens (primary N) is 1. The van der Waals surface area contributed by atoms with Gasteiger partial charge in [-0.3, -0.25) is 0 Å². The number of hydrogen-bond donors (Lipinski definition) is 3. The number of halogens is 1. The van der Waals surface area contributed by atoms with Gasteiger partial charge in [0.1, 0.15) is 0 Å². The molecular weight excluding hydrogens is 286 g/mol. The fourth-order valence-electron chi connectivity index (χ4n) is 1.72. The number of nitrogens with zero attached hydrogens (tertiary/aromatic N) is 3. The van der Waals surface area contributed by atoms with E-state index in [0.717, 1.165) is 0 Å². The van der Waals surface area contributed by atoms with E-state index in [2.05, 4.69) is 19.8 Å². The minimum atomic E-state index is -1.41. The van der Waals surface area contributed by atoms with E-state index in [1.165, 1.54) is 17.1 Å². The third kappa shape index (κ3) is 2.12. The maximum atomic E-state index is 10.4. The molecule has 0 aliphatic heterocycles. The molecule has 20 heavy (non-hydrogen) atoms. The van der Waals surface area contributed by atoms with Crippen LogP contribution in [0.1, 0.15) is 0 Å². The average Bonchev–Trinajstić information content (AvgIpc) is 2.95. The molecule has 102 valence electrons. The topological polar surface area (TPSA) is 119 Å². The van der Waals surface area contributed by atoms with Crippen molar-refractivity contribution in [1.29, 1.82) is 0 Å². The van der Waals surface area contributed by atoms with E-state index >= 15 is 0 Å². The van der Waals surface area contributed by atoms with Gasteiger partial charge < -0.3 is 20.6 Å². The number of nitrogen functional groups attached to an aromatic ring is 1. The van der Waals surface area contributed by atoms with Crippen LogP contribution in [0.2, 0.25) is 5.02 Å². The van der Waals surface area contributed by atoms with Crippen molar-refractivity contribution < 1.29 is 14.6 Å². The number of nitrogens with one attached hydrogen (secondary N) is 1. The van der Waals surface area contributed by atoms with E-state index in [0.29, 0.717) is 27.7 Å². The first-order valence-corrected chi connectivity index (χ1v) is 5.81. The van der Waals surface area contributed by atoms with E-state index in [1.807, 2.05) is 0 Å². The Hall–Kier alpha value is -2.74. The van der Waals surface area contributed by atoms with Crippen molar-refractivity contribution in [2.45, 2.75) is 0 Å². The summed E-state index contributed by atoms with van der Waals surface area (Å²) in [6.45, 7) is 0. The van der Waals surface area contributed by atoms with Crippen LogP contribution in [0.5, 0.6) is 5.75 Å². The van der Waals surface area contributed by atoms with E-state index in [4.69, 9.17) is 22.4 Å². The van der Waals surface area contributed by atoms with E-state index in [1.54, 1.807) is 12.1 Å². The summed E-state index contributed by atoms with van der Waals surface area (Å²) in [7, 11) is 0. The molecule has 0 atom stereocenters. The zero-order valence-electron chi connectivity index (χ0n) is 9.87. The van der Waals surface area contributed by atoms with Crippen molar-refractivity contribution in [1.82, 2.24) is 19.7 Å². The number of H-pyrrole nitrogens is 1. The molecule has 3 aromatic rings. The highest BCUT2D eigenvalue weighted by Crippen LogP contribution is 2.25. The summed E-state index contributed by atoms with van der Waals surface area (Å²) in [5, 5.41) is 12.9. The van der Waals surface area contributed by atoms with Crippen molar-refractivity contribution in [2.24, 2.45) is 0 Å². The van der Waals surface area contributed by atoms with Gasteiger partial charge in [-0.15, -0.1) is 0 Å². The molecule has 0 aliphatic rings. The largest absolute Gasteiger partial charge is 0.511 e. The Bertz CT molecular complexity index is 771. The second-order valence-electron chi connectivity index (χ2n) is 3.94. The molecule has 0 saturated heterocycles. The van der Waals surface area contributed by atoms with Crippen LogP contribution in [-0.4, -0.2) is 31.0 Å². The van der Waals surface area contributed by atoms with Crippen LogP contribution in [0.4, 0.5) is 10.5 Å². The second-order valence-corrected chi connectivity index (χ2v) is 4.35. The maximum Gasteiger partial charge on any atom is 0.511 e. The van der Waals surface area contributed by atoms with Crippen LogP contribution in [0, 0.1) is 0 Å². The zero-order valence-corrected chi connectivity index (χ0v) is 10.6. The summed E-state index contributed by atoms with van der Waals surface area (Å²) < 4.78 is 5.83. The molecule has 0 spiro atoms. The normalized spacial score (nSPS) is 10.8. The number of benzene rings is 1. The maximum absolute atomic E-state index is 10.4. The SMILES string of the molecule is Nc1cc2nc(-n3cc(OC(=O)O)cn3)[nH]c2cc1Cl. The lowest BCUT2D eigenvalue weighted by Crippen LogP contribution is -2.02. The van der Waals surface area contributed by atoms with Gasteiger partial charge in [0, 0.05) is 0 Å². The fourth-order valence-corrected chi connectivity index (χ4v) is 1.88. The molecular formula is C11H8ClN5O3. The number of aromatic amines is 1. The van der Waals surface area contributed by atoms with Crippen molar-refractivity contribution in [3.05, 3.63) is 29.5 Å². The highest BCUT2D eigenvalue weighted by Gasteiger charge is 2.10. The lowest BCUT2D eigenvalue weighted by Gasteiger charge is -1.95. The van der Waals surface area contributed by atoms with Gasteiger partial charge in [0.05, 0.1) is 34.1 Å². The van der Waals surface area contributed by atoms with Crippen LogP contribution < -0.4 is 10.5 Å². The summed E-state index contributed by atoms with van der Waals surface area (Å²) in [6.07, 6.45) is 1.24. The van der Waals surface area contributed by atoms with E-state index in [9.17, 15) is 4.79 Å². The molecule has 2 aromatic heterocycles. The Kier molecular flexibility index (Phi) is 2.72. The Labute approximate surface area is 116 Å². The van der Waals surface area contributed by atoms with Gasteiger partial charge in [-0.05, 0) is 12.1 Å². The molecule has 0 saturated carbocycles. The number of hydrogen-bond acceptors (Lipinski definition) is 5. The number of carboxylic acid groups (broad SMARTS) is 1. The highest BCUT2D eigenvalue weighted by molar-refractivity contribution is 6.33. The predicted octanol–water partition coefficient (Wildman–Crippen LogP) is 2.04. The van der Waals surface area contributed by atoms with Gasteiger partial charge in [0.2, 0.25) is 5.95 Å². The van der Waals surface area contributed by atoms with Gasteiger partial charge in [-0.2, -0.15) is 5.10 Å². The molecule has 2 heterocycles. The smallest absolute Gasteiger partial charge is 0.449 e. The number of aromatic nitrogens is 4. The predicted molar refractivity (Wildman–Crippen MR) is 71.3 cm³/mol. The van der Waals surface area contributed by atoms with Gasteiger partial charge in [0.25, 0.3) is 0 Å². The van der Waals surface area contributed by atoms with E-state index in [-0.39, 0.29) is 5.75 Å². The molecule has 3 rings (SSSR count). The molecule has 0 aliphatic carbocycles. The highest BCUT2D eigenvalue weighted by atomic mass is 35.5. The molecule has 0 unspecified atom stereocenters. The van der Waals surface area contributed by atoms with Crippen LogP contribution in [0.25, 0.3) is 17.0 Å². The Morgan fingerprint density at radius 1 is 1.50 bits per heavy atom. The minimum absolute atomic E-state index is 0.0931. The summed E-state index contributed by atoms with van der Waals surface area (Å²) in [4.78, 5) is 17.7. The number of ether oxygens (including phenoxy) is 1. The van der Waals surface area contributed by atoms with Crippen LogP contribution >= 0.6 is 11.6 Å². The van der Waals surface area contributed by atoms with Crippen LogP contribution in [0.15, 0.2) is 24.5 Å². The molecule has 1 aromatic carbocycles. The first kappa shape index (κ1) is 12.3. The number of imidazole rings is 1. The lowest BCUT2D eigenvalue weighted by atomic mass is 10.3. The molecule has 4 N–H and O–H groups in total. The molecule has 0 amide bonds. The van der Waals surface area contributed by atoms with Gasteiger partial charge in [0.15, 0.2) is 5.75 Å². The third-order valence-corrected chi connectivity index (χ3v) is 2.90. The Morgan fingerprint density at radius 2 is 2.30 bits per heavy atom. The van der Waals surface area contributed by atoms with Gasteiger partial charge >= 0.3 is 6.16 Å². The van der Waals surface area contributed by atoms with E-state index < -0.39 is 6.16 Å². The average molecular weight is 294 g/mol. The van der Waals surface area contributed by atoms with Crippen molar-refractivity contribution in [3.63, 3.8) is 0 Å². The summed E-state index contributed by atoms with van der Waals surface area (Å²) in [5.74, 6) is 0.484. The fraction of sp³-hybridized carbons (Fsp3) is 0. The number of anilines is 1. The molecule has 0 fully saturated rings. The number of fused-ring (bicyclic) bond motifs is 1. The standard InChI is InChI=1S/C11H8ClN5O3/c12-6-1-8-9(2-7(6)13)16-10(15-8)17-4-5(3-14-17)20-11(18)19/h1-4H,13H2,(H,15,16)(H,18,19). The van der Waals surface area contributed by atoms with Gasteiger partial charge in [-0.1, -0.05) is 11.6 Å². The molecule has 9 heteroatoms. The third-order valence-electron chi connectivity index (χ3n) is 2.57. The first-order chi connectivity index (χ1) is 9.52. The monoisotopic (exact) mass is 293 g/mol. The molecule has 0 radical (unpaired) electrons. The van der Waals surface area contributed by atoms with Gasteiger partial charge in [-0.25, -0.2) is 14.5 Å². The number of carbonyl (C=O) groups is 1. The van der Waals surface area contributed by atoms with Crippen LogP contribution in [0.3, 0.4) is 0 Å². The zero-order chi connectivity index (χ0) is 14.3. The molecule has 8 nitrogen and oxygen atoms in total. The Balaban J connectivity index is 2.01. The van der Waals surface area contributed by atoms with Crippen molar-refractivity contribution >= 4 is 34.5 Å². The second kappa shape index (κ2) is 4.42. The number of rotatable bonds is 2.